The minimum atomic E-state index is -1.01. The molecule has 7 nitrogen and oxygen atoms in total. The number of aryl methyl sites for hydroxylation is 1. The third-order valence-corrected chi connectivity index (χ3v) is 3.44. The number of carbonyl (C=O) groups excluding carboxylic acids is 1. The molecule has 1 amide bonds. The van der Waals surface area contributed by atoms with E-state index in [1.54, 1.807) is 34.9 Å². The average molecular weight is 310 g/mol. The smallest absolute Gasteiger partial charge is 0.335 e. The number of benzene rings is 1. The predicted octanol–water partition coefficient (Wildman–Crippen LogP) is 2.24. The molecule has 0 spiro atoms. The molecule has 1 aromatic carbocycles. The van der Waals surface area contributed by atoms with Gasteiger partial charge in [-0.3, -0.25) is 9.20 Å². The second-order valence-electron chi connectivity index (χ2n) is 4.95. The van der Waals surface area contributed by atoms with Crippen molar-refractivity contribution in [3.8, 4) is 0 Å². The standard InChI is InChI=1S/C16H14N4O3/c1-2-13-18-19-14-8-5-11(9-20(13)14)15(21)17-12-6-3-10(4-7-12)16(22)23/h3-9H,2H2,1H3,(H,17,21)(H,22,23). The fraction of sp³-hybridized carbons (Fsp3) is 0.125. The van der Waals surface area contributed by atoms with Crippen LogP contribution < -0.4 is 5.32 Å². The summed E-state index contributed by atoms with van der Waals surface area (Å²) in [5, 5.41) is 19.7. The number of fused-ring (bicyclic) bond motifs is 1. The van der Waals surface area contributed by atoms with Crippen molar-refractivity contribution in [2.75, 3.05) is 5.32 Å². The van der Waals surface area contributed by atoms with E-state index in [9.17, 15) is 9.59 Å². The zero-order chi connectivity index (χ0) is 16.4. The molecule has 0 fully saturated rings. The van der Waals surface area contributed by atoms with Gasteiger partial charge in [0.15, 0.2) is 5.65 Å². The first-order chi connectivity index (χ1) is 11.1. The van der Waals surface area contributed by atoms with E-state index in [4.69, 9.17) is 5.11 Å². The number of hydrogen-bond donors (Lipinski definition) is 2. The van der Waals surface area contributed by atoms with E-state index in [1.165, 1.54) is 12.1 Å². The van der Waals surface area contributed by atoms with Crippen molar-refractivity contribution in [3.63, 3.8) is 0 Å². The predicted molar refractivity (Wildman–Crippen MR) is 83.7 cm³/mol. The zero-order valence-electron chi connectivity index (χ0n) is 12.4. The quantitative estimate of drug-likeness (QED) is 0.770. The van der Waals surface area contributed by atoms with Gasteiger partial charge in [-0.05, 0) is 36.4 Å². The Morgan fingerprint density at radius 1 is 1.09 bits per heavy atom. The summed E-state index contributed by atoms with van der Waals surface area (Å²) < 4.78 is 1.78. The van der Waals surface area contributed by atoms with Crippen LogP contribution in [0.5, 0.6) is 0 Å². The van der Waals surface area contributed by atoms with Gasteiger partial charge in [0.2, 0.25) is 0 Å². The van der Waals surface area contributed by atoms with Crippen molar-refractivity contribution in [1.82, 2.24) is 14.6 Å². The molecule has 0 saturated heterocycles. The first-order valence-electron chi connectivity index (χ1n) is 7.07. The molecular formula is C16H14N4O3. The molecule has 7 heteroatoms. The van der Waals surface area contributed by atoms with Crippen LogP contribution in [0.4, 0.5) is 5.69 Å². The van der Waals surface area contributed by atoms with Crippen molar-refractivity contribution in [2.24, 2.45) is 0 Å². The summed E-state index contributed by atoms with van der Waals surface area (Å²) >= 11 is 0. The number of rotatable bonds is 4. The summed E-state index contributed by atoms with van der Waals surface area (Å²) in [5.41, 5.74) is 1.85. The maximum Gasteiger partial charge on any atom is 0.335 e. The number of carbonyl (C=O) groups is 2. The maximum atomic E-state index is 12.3. The molecule has 2 aromatic heterocycles. The number of carboxylic acid groups (broad SMARTS) is 1. The van der Waals surface area contributed by atoms with Gasteiger partial charge in [0.05, 0.1) is 11.1 Å². The first-order valence-corrected chi connectivity index (χ1v) is 7.07. The Kier molecular flexibility index (Phi) is 3.76. The number of pyridine rings is 1. The fourth-order valence-corrected chi connectivity index (χ4v) is 2.21. The van der Waals surface area contributed by atoms with Gasteiger partial charge in [-0.25, -0.2) is 4.79 Å². The second kappa shape index (κ2) is 5.88. The van der Waals surface area contributed by atoms with E-state index < -0.39 is 5.97 Å². The third-order valence-electron chi connectivity index (χ3n) is 3.44. The van der Waals surface area contributed by atoms with Gasteiger partial charge >= 0.3 is 5.97 Å². The van der Waals surface area contributed by atoms with Crippen LogP contribution in [0, 0.1) is 0 Å². The van der Waals surface area contributed by atoms with Crippen molar-refractivity contribution in [1.29, 1.82) is 0 Å². The summed E-state index contributed by atoms with van der Waals surface area (Å²) in [6, 6.07) is 9.39. The summed E-state index contributed by atoms with van der Waals surface area (Å²) in [4.78, 5) is 23.1. The van der Waals surface area contributed by atoms with Gasteiger partial charge in [-0.1, -0.05) is 6.92 Å². The first kappa shape index (κ1) is 14.7. The molecule has 3 aromatic rings. The van der Waals surface area contributed by atoms with Gasteiger partial charge in [-0.15, -0.1) is 10.2 Å². The molecule has 0 bridgehead atoms. The van der Waals surface area contributed by atoms with Crippen LogP contribution in [-0.2, 0) is 6.42 Å². The maximum absolute atomic E-state index is 12.3. The lowest BCUT2D eigenvalue weighted by Crippen LogP contribution is -2.13. The minimum Gasteiger partial charge on any atom is -0.478 e. The number of nitrogens with one attached hydrogen (secondary N) is 1. The lowest BCUT2D eigenvalue weighted by molar-refractivity contribution is 0.0696. The molecule has 2 heterocycles. The molecule has 0 aliphatic rings. The van der Waals surface area contributed by atoms with Crippen LogP contribution in [0.15, 0.2) is 42.6 Å². The number of hydrogen-bond acceptors (Lipinski definition) is 4. The molecule has 3 rings (SSSR count). The zero-order valence-corrected chi connectivity index (χ0v) is 12.4. The topological polar surface area (TPSA) is 96.6 Å². The number of aromatic nitrogens is 3. The van der Waals surface area contributed by atoms with Crippen molar-refractivity contribution >= 4 is 23.2 Å². The van der Waals surface area contributed by atoms with Crippen LogP contribution in [-0.4, -0.2) is 31.6 Å². The second-order valence-corrected chi connectivity index (χ2v) is 4.95. The van der Waals surface area contributed by atoms with Crippen LogP contribution in [0.3, 0.4) is 0 Å². The average Bonchev–Trinajstić information content (AvgIpc) is 2.97. The number of amides is 1. The van der Waals surface area contributed by atoms with Crippen LogP contribution in [0.2, 0.25) is 0 Å². The molecule has 0 unspecified atom stereocenters. The molecule has 23 heavy (non-hydrogen) atoms. The Bertz CT molecular complexity index is 884. The Morgan fingerprint density at radius 2 is 1.78 bits per heavy atom. The molecule has 0 radical (unpaired) electrons. The van der Waals surface area contributed by atoms with Crippen molar-refractivity contribution < 1.29 is 14.7 Å². The lowest BCUT2D eigenvalue weighted by atomic mass is 10.2. The largest absolute Gasteiger partial charge is 0.478 e. The van der Waals surface area contributed by atoms with Gasteiger partial charge in [0, 0.05) is 18.3 Å². The molecular weight excluding hydrogens is 296 g/mol. The Hall–Kier alpha value is -3.22. The van der Waals surface area contributed by atoms with E-state index in [0.29, 0.717) is 23.3 Å². The van der Waals surface area contributed by atoms with E-state index in [2.05, 4.69) is 15.5 Å². The normalized spacial score (nSPS) is 10.7. The van der Waals surface area contributed by atoms with Gasteiger partial charge in [0.1, 0.15) is 5.82 Å². The highest BCUT2D eigenvalue weighted by Crippen LogP contribution is 2.13. The summed E-state index contributed by atoms with van der Waals surface area (Å²) in [7, 11) is 0. The summed E-state index contributed by atoms with van der Waals surface area (Å²) in [5.74, 6) is -0.515. The summed E-state index contributed by atoms with van der Waals surface area (Å²) in [6.45, 7) is 1.97. The van der Waals surface area contributed by atoms with E-state index in [-0.39, 0.29) is 11.5 Å². The fourth-order valence-electron chi connectivity index (χ4n) is 2.21. The SMILES string of the molecule is CCc1nnc2ccc(C(=O)Nc3ccc(C(=O)O)cc3)cn12. The van der Waals surface area contributed by atoms with Gasteiger partial charge < -0.3 is 10.4 Å². The van der Waals surface area contributed by atoms with E-state index in [0.717, 1.165) is 5.82 Å². The van der Waals surface area contributed by atoms with Gasteiger partial charge in [-0.2, -0.15) is 0 Å². The Morgan fingerprint density at radius 3 is 2.43 bits per heavy atom. The van der Waals surface area contributed by atoms with E-state index >= 15 is 0 Å². The number of nitrogens with zero attached hydrogens (tertiary/aromatic N) is 3. The number of aromatic carboxylic acids is 1. The molecule has 2 N–H and O–H groups in total. The Balaban J connectivity index is 1.83. The molecule has 0 aliphatic carbocycles. The molecule has 116 valence electrons. The third kappa shape index (κ3) is 2.89. The van der Waals surface area contributed by atoms with Crippen molar-refractivity contribution in [3.05, 3.63) is 59.5 Å². The van der Waals surface area contributed by atoms with Crippen LogP contribution in [0.1, 0.15) is 33.5 Å². The number of carboxylic acids is 1. The molecule has 0 saturated carbocycles. The van der Waals surface area contributed by atoms with Crippen LogP contribution in [0.25, 0.3) is 5.65 Å². The molecule has 0 atom stereocenters. The molecule has 0 aliphatic heterocycles. The highest BCUT2D eigenvalue weighted by atomic mass is 16.4. The van der Waals surface area contributed by atoms with E-state index in [1.807, 2.05) is 6.92 Å². The lowest BCUT2D eigenvalue weighted by Gasteiger charge is -2.06. The summed E-state index contributed by atoms with van der Waals surface area (Å²) in [6.07, 6.45) is 2.40. The van der Waals surface area contributed by atoms with Crippen LogP contribution >= 0.6 is 0 Å². The highest BCUT2D eigenvalue weighted by molar-refractivity contribution is 6.04. The van der Waals surface area contributed by atoms with Crippen molar-refractivity contribution in [2.45, 2.75) is 13.3 Å². The minimum absolute atomic E-state index is 0.168. The Labute approximate surface area is 131 Å². The van der Waals surface area contributed by atoms with Gasteiger partial charge in [0.25, 0.3) is 5.91 Å². The monoisotopic (exact) mass is 310 g/mol. The highest BCUT2D eigenvalue weighted by Gasteiger charge is 2.10. The number of anilines is 1.